The number of anilines is 1. The second-order valence-electron chi connectivity index (χ2n) is 7.97. The molecule has 7 nitrogen and oxygen atoms in total. The van der Waals surface area contributed by atoms with E-state index in [4.69, 9.17) is 4.74 Å². The van der Waals surface area contributed by atoms with Crippen LogP contribution in [0.25, 0.3) is 0 Å². The van der Waals surface area contributed by atoms with E-state index in [2.05, 4.69) is 21.9 Å². The molecule has 1 spiro atoms. The summed E-state index contributed by atoms with van der Waals surface area (Å²) < 4.78 is 7.25. The molecule has 0 bridgehead atoms. The maximum atomic E-state index is 12.6. The van der Waals surface area contributed by atoms with Gasteiger partial charge in [0.15, 0.2) is 0 Å². The van der Waals surface area contributed by atoms with E-state index in [0.717, 1.165) is 50.9 Å². The molecule has 138 valence electrons. The van der Waals surface area contributed by atoms with Crippen LogP contribution in [0.3, 0.4) is 0 Å². The summed E-state index contributed by atoms with van der Waals surface area (Å²) >= 11 is 0. The number of aryl methyl sites for hydroxylation is 1. The van der Waals surface area contributed by atoms with E-state index in [1.54, 1.807) is 10.9 Å². The zero-order valence-corrected chi connectivity index (χ0v) is 15.4. The van der Waals surface area contributed by atoms with Gasteiger partial charge in [-0.1, -0.05) is 0 Å². The Morgan fingerprint density at radius 2 is 2.08 bits per heavy atom. The summed E-state index contributed by atoms with van der Waals surface area (Å²) in [6.07, 6.45) is 7.22. The Hall–Kier alpha value is -1.44. The van der Waals surface area contributed by atoms with Gasteiger partial charge in [-0.25, -0.2) is 0 Å². The largest absolute Gasteiger partial charge is 0.381 e. The lowest BCUT2D eigenvalue weighted by molar-refractivity contribution is -0.123. The normalized spacial score (nSPS) is 29.8. The van der Waals surface area contributed by atoms with Crippen molar-refractivity contribution in [3.63, 3.8) is 0 Å². The lowest BCUT2D eigenvalue weighted by Gasteiger charge is -2.46. The van der Waals surface area contributed by atoms with Crippen molar-refractivity contribution < 1.29 is 9.53 Å². The van der Waals surface area contributed by atoms with E-state index in [9.17, 15) is 4.79 Å². The van der Waals surface area contributed by atoms with Crippen molar-refractivity contribution in [2.45, 2.75) is 24.8 Å². The summed E-state index contributed by atoms with van der Waals surface area (Å²) in [5.74, 6) is 0.929. The van der Waals surface area contributed by atoms with Crippen molar-refractivity contribution in [3.05, 3.63) is 12.4 Å². The van der Waals surface area contributed by atoms with Crippen molar-refractivity contribution in [1.82, 2.24) is 19.6 Å². The summed E-state index contributed by atoms with van der Waals surface area (Å²) in [5.41, 5.74) is 0.984. The molecule has 0 N–H and O–H groups in total. The Labute approximate surface area is 149 Å². The van der Waals surface area contributed by atoms with Gasteiger partial charge in [0.05, 0.1) is 24.0 Å². The maximum absolute atomic E-state index is 12.6. The maximum Gasteiger partial charge on any atom is 0.241 e. The number of carbonyl (C=O) groups excluding carboxylic acids is 1. The number of rotatable bonds is 3. The van der Waals surface area contributed by atoms with Gasteiger partial charge in [0.1, 0.15) is 0 Å². The molecule has 1 amide bonds. The molecular formula is C18H29N5O2. The first-order valence-electron chi connectivity index (χ1n) is 9.36. The van der Waals surface area contributed by atoms with Crippen molar-refractivity contribution in [3.8, 4) is 0 Å². The van der Waals surface area contributed by atoms with Crippen LogP contribution in [0.15, 0.2) is 12.4 Å². The highest BCUT2D eigenvalue weighted by molar-refractivity contribution is 5.95. The molecule has 1 aromatic rings. The molecule has 0 unspecified atom stereocenters. The number of nitrogens with zero attached hydrogens (tertiary/aromatic N) is 5. The van der Waals surface area contributed by atoms with E-state index in [-0.39, 0.29) is 11.4 Å². The van der Waals surface area contributed by atoms with Crippen LogP contribution in [-0.2, 0) is 16.6 Å². The van der Waals surface area contributed by atoms with Crippen LogP contribution in [0.2, 0.25) is 0 Å². The van der Waals surface area contributed by atoms with Crippen LogP contribution in [0.1, 0.15) is 19.3 Å². The van der Waals surface area contributed by atoms with E-state index in [1.807, 2.05) is 18.1 Å². The van der Waals surface area contributed by atoms with Crippen LogP contribution in [0.4, 0.5) is 5.69 Å². The predicted molar refractivity (Wildman–Crippen MR) is 95.5 cm³/mol. The lowest BCUT2D eigenvalue weighted by Crippen LogP contribution is -2.64. The standard InChI is InChI=1S/C18H29N5O2/c1-20-12-17(24)23(16-9-19-21(2)11-16)14-18(20)5-6-22(13-18)10-15-3-7-25-8-4-15/h9,11,15H,3-8,10,12-14H2,1-2H3/t18-/m1/s1. The third-order valence-electron chi connectivity index (χ3n) is 6.21. The molecule has 3 aliphatic heterocycles. The van der Waals surface area contributed by atoms with Gasteiger partial charge in [-0.05, 0) is 32.2 Å². The first kappa shape index (κ1) is 17.0. The molecule has 4 rings (SSSR count). The van der Waals surface area contributed by atoms with E-state index < -0.39 is 0 Å². The fourth-order valence-corrected chi connectivity index (χ4v) is 4.57. The highest BCUT2D eigenvalue weighted by Crippen LogP contribution is 2.34. The van der Waals surface area contributed by atoms with Crippen LogP contribution >= 0.6 is 0 Å². The third-order valence-corrected chi connectivity index (χ3v) is 6.21. The van der Waals surface area contributed by atoms with Gasteiger partial charge in [0, 0.05) is 52.6 Å². The topological polar surface area (TPSA) is 53.8 Å². The molecule has 0 radical (unpaired) electrons. The van der Waals surface area contributed by atoms with Crippen molar-refractivity contribution >= 4 is 11.6 Å². The molecule has 7 heteroatoms. The van der Waals surface area contributed by atoms with Gasteiger partial charge in [-0.3, -0.25) is 14.4 Å². The molecular weight excluding hydrogens is 318 g/mol. The molecule has 0 aromatic carbocycles. The number of aromatic nitrogens is 2. The van der Waals surface area contributed by atoms with Gasteiger partial charge in [-0.15, -0.1) is 0 Å². The number of likely N-dealkylation sites (tertiary alicyclic amines) is 1. The van der Waals surface area contributed by atoms with E-state index in [1.165, 1.54) is 19.4 Å². The summed E-state index contributed by atoms with van der Waals surface area (Å²) in [5, 5.41) is 4.24. The van der Waals surface area contributed by atoms with Crippen LogP contribution in [0, 0.1) is 5.92 Å². The minimum Gasteiger partial charge on any atom is -0.381 e. The number of hydrogen-bond acceptors (Lipinski definition) is 5. The molecule has 3 aliphatic rings. The summed E-state index contributed by atoms with van der Waals surface area (Å²) in [7, 11) is 4.00. The van der Waals surface area contributed by atoms with Gasteiger partial charge in [0.2, 0.25) is 5.91 Å². The van der Waals surface area contributed by atoms with Crippen LogP contribution in [-0.4, -0.2) is 84.0 Å². The Bertz CT molecular complexity index is 627. The predicted octanol–water partition coefficient (Wildman–Crippen LogP) is 0.570. The number of hydrogen-bond donors (Lipinski definition) is 0. The van der Waals surface area contributed by atoms with Gasteiger partial charge in [0.25, 0.3) is 0 Å². The van der Waals surface area contributed by atoms with Gasteiger partial charge in [-0.2, -0.15) is 5.10 Å². The number of amides is 1. The average Bonchev–Trinajstić information content (AvgIpc) is 3.20. The van der Waals surface area contributed by atoms with E-state index >= 15 is 0 Å². The van der Waals surface area contributed by atoms with Crippen molar-refractivity contribution in [2.24, 2.45) is 13.0 Å². The molecule has 3 saturated heterocycles. The number of carbonyl (C=O) groups is 1. The summed E-state index contributed by atoms with van der Waals surface area (Å²) in [4.78, 5) is 19.4. The number of ether oxygens (including phenoxy) is 1. The molecule has 3 fully saturated rings. The Morgan fingerprint density at radius 1 is 1.28 bits per heavy atom. The summed E-state index contributed by atoms with van der Waals surface area (Å²) in [6.45, 7) is 6.40. The zero-order chi connectivity index (χ0) is 17.4. The van der Waals surface area contributed by atoms with Gasteiger partial charge >= 0.3 is 0 Å². The lowest BCUT2D eigenvalue weighted by atomic mass is 9.92. The Morgan fingerprint density at radius 3 is 2.80 bits per heavy atom. The zero-order valence-electron chi connectivity index (χ0n) is 15.4. The SMILES string of the molecule is CN1CC(=O)N(c2cnn(C)c2)C[C@]12CCN(CC1CCOCC1)C2. The molecule has 1 atom stereocenters. The fourth-order valence-electron chi connectivity index (χ4n) is 4.57. The van der Waals surface area contributed by atoms with Crippen LogP contribution < -0.4 is 4.90 Å². The number of likely N-dealkylation sites (N-methyl/N-ethyl adjacent to an activating group) is 1. The van der Waals surface area contributed by atoms with E-state index in [0.29, 0.717) is 6.54 Å². The van der Waals surface area contributed by atoms with Crippen LogP contribution in [0.5, 0.6) is 0 Å². The second-order valence-corrected chi connectivity index (χ2v) is 7.97. The van der Waals surface area contributed by atoms with Crippen molar-refractivity contribution in [2.75, 3.05) is 57.9 Å². The average molecular weight is 347 g/mol. The second kappa shape index (κ2) is 6.70. The number of piperazine rings is 1. The first-order chi connectivity index (χ1) is 12.1. The van der Waals surface area contributed by atoms with Gasteiger partial charge < -0.3 is 14.5 Å². The highest BCUT2D eigenvalue weighted by Gasteiger charge is 2.47. The molecule has 1 aromatic heterocycles. The smallest absolute Gasteiger partial charge is 0.241 e. The fraction of sp³-hybridized carbons (Fsp3) is 0.778. The monoisotopic (exact) mass is 347 g/mol. The Kier molecular flexibility index (Phi) is 4.56. The molecule has 0 aliphatic carbocycles. The minimum atomic E-state index is 0.0644. The minimum absolute atomic E-state index is 0.0644. The highest BCUT2D eigenvalue weighted by atomic mass is 16.5. The van der Waals surface area contributed by atoms with Crippen molar-refractivity contribution in [1.29, 1.82) is 0 Å². The molecule has 0 saturated carbocycles. The first-order valence-corrected chi connectivity index (χ1v) is 9.36. The Balaban J connectivity index is 1.45. The summed E-state index contributed by atoms with van der Waals surface area (Å²) in [6, 6.07) is 0. The quantitative estimate of drug-likeness (QED) is 0.800. The molecule has 25 heavy (non-hydrogen) atoms. The molecule has 4 heterocycles. The third kappa shape index (κ3) is 3.32.